The van der Waals surface area contributed by atoms with Crippen LogP contribution in [0.2, 0.25) is 0 Å². The third-order valence-electron chi connectivity index (χ3n) is 8.58. The van der Waals surface area contributed by atoms with Gasteiger partial charge in [-0.25, -0.2) is 4.39 Å². The predicted octanol–water partition coefficient (Wildman–Crippen LogP) is 4.09. The van der Waals surface area contributed by atoms with Crippen LogP contribution in [0.3, 0.4) is 0 Å². The number of aliphatic hydroxyl groups is 1. The Labute approximate surface area is 238 Å². The number of carbonyl (C=O) groups excluding carboxylic acids is 2. The number of hydrogen-bond acceptors (Lipinski definition) is 6. The van der Waals surface area contributed by atoms with Gasteiger partial charge in [-0.05, 0) is 61.9 Å². The first-order valence-corrected chi connectivity index (χ1v) is 14.4. The van der Waals surface area contributed by atoms with Crippen LogP contribution in [-0.4, -0.2) is 52.7 Å². The topological polar surface area (TPSA) is 104 Å². The van der Waals surface area contributed by atoms with Gasteiger partial charge in [0.2, 0.25) is 5.91 Å². The van der Waals surface area contributed by atoms with Crippen LogP contribution in [-0.2, 0) is 11.2 Å². The Hall–Kier alpha value is -3.82. The van der Waals surface area contributed by atoms with Crippen molar-refractivity contribution < 1.29 is 23.8 Å². The Kier molecular flexibility index (Phi) is 7.73. The minimum atomic E-state index is -0.912. The molecule has 2 aromatic carbocycles. The number of aromatic nitrogens is 1. The van der Waals surface area contributed by atoms with E-state index in [2.05, 4.69) is 15.6 Å². The number of carbonyl (C=O) groups is 2. The summed E-state index contributed by atoms with van der Waals surface area (Å²) in [4.78, 5) is 31.3. The van der Waals surface area contributed by atoms with E-state index in [1.165, 1.54) is 23.1 Å². The van der Waals surface area contributed by atoms with E-state index in [4.69, 9.17) is 4.74 Å². The van der Waals surface area contributed by atoms with Gasteiger partial charge in [0.25, 0.3) is 5.91 Å². The highest BCUT2D eigenvalue weighted by Crippen LogP contribution is 2.48. The molecule has 9 heteroatoms. The van der Waals surface area contributed by atoms with E-state index in [0.717, 1.165) is 42.6 Å². The molecule has 41 heavy (non-hydrogen) atoms. The Morgan fingerprint density at radius 3 is 2.73 bits per heavy atom. The summed E-state index contributed by atoms with van der Waals surface area (Å²) >= 11 is 0. The number of nitrogens with zero attached hydrogens (tertiary/aromatic N) is 2. The van der Waals surface area contributed by atoms with Crippen LogP contribution in [0.15, 0.2) is 67.0 Å². The second kappa shape index (κ2) is 11.6. The maximum Gasteiger partial charge on any atom is 0.251 e. The molecule has 214 valence electrons. The highest BCUT2D eigenvalue weighted by atomic mass is 19.1. The molecule has 0 bridgehead atoms. The number of aliphatic hydroxyl groups excluding tert-OH is 1. The number of ether oxygens (including phenoxy) is 1. The number of anilines is 1. The maximum atomic E-state index is 14.6. The fourth-order valence-corrected chi connectivity index (χ4v) is 6.15. The highest BCUT2D eigenvalue weighted by Gasteiger charge is 2.45. The van der Waals surface area contributed by atoms with Crippen molar-refractivity contribution in [1.29, 1.82) is 0 Å². The number of amides is 2. The first-order chi connectivity index (χ1) is 19.9. The van der Waals surface area contributed by atoms with Gasteiger partial charge in [-0.2, -0.15) is 0 Å². The minimum Gasteiger partial charge on any atom is -0.485 e. The largest absolute Gasteiger partial charge is 0.485 e. The van der Waals surface area contributed by atoms with Gasteiger partial charge in [-0.3, -0.25) is 14.6 Å². The molecule has 8 nitrogen and oxygen atoms in total. The van der Waals surface area contributed by atoms with Gasteiger partial charge in [0.1, 0.15) is 17.2 Å². The van der Waals surface area contributed by atoms with Gasteiger partial charge < -0.3 is 25.4 Å². The standard InChI is InChI=1S/C32H35FN4O4/c33-24-10-9-22(17-27(24)37-15-4-8-30(37)39)31(40)36-25(16-21-6-2-1-3-7-21)28(38)19-35-26-18-32(12-5-13-32)41-29-20-34-14-11-23(26)29/h1-3,6-7,9-11,14,17,20,25-26,28,35,38H,4-5,8,12-13,15-16,18-19H2,(H,36,40)/t25-,26-,28-/m0/s1. The maximum absolute atomic E-state index is 14.6. The van der Waals surface area contributed by atoms with Crippen LogP contribution in [0.1, 0.15) is 66.1 Å². The normalized spacial score (nSPS) is 20.6. The molecule has 1 aliphatic carbocycles. The smallest absolute Gasteiger partial charge is 0.251 e. The summed E-state index contributed by atoms with van der Waals surface area (Å²) < 4.78 is 20.9. The van der Waals surface area contributed by atoms with Crippen molar-refractivity contribution in [3.63, 3.8) is 0 Å². The van der Waals surface area contributed by atoms with E-state index in [1.807, 2.05) is 36.4 Å². The molecule has 3 atom stereocenters. The molecule has 1 spiro atoms. The SMILES string of the molecule is O=C(N[C@@H](Cc1ccccc1)[C@@H](O)CN[C@H]1CC2(CCC2)Oc2cnccc21)c1ccc(F)c(N2CCCC2=O)c1. The van der Waals surface area contributed by atoms with Crippen LogP contribution >= 0.6 is 0 Å². The number of fused-ring (bicyclic) bond motifs is 1. The monoisotopic (exact) mass is 558 g/mol. The summed E-state index contributed by atoms with van der Waals surface area (Å²) in [6.45, 7) is 0.672. The average molecular weight is 559 g/mol. The molecule has 0 radical (unpaired) electrons. The Bertz CT molecular complexity index is 1410. The van der Waals surface area contributed by atoms with Crippen LogP contribution < -0.4 is 20.3 Å². The number of benzene rings is 2. The van der Waals surface area contributed by atoms with Gasteiger partial charge in [0.05, 0.1) is 24.0 Å². The molecule has 3 heterocycles. The molecular weight excluding hydrogens is 523 g/mol. The zero-order valence-corrected chi connectivity index (χ0v) is 22.9. The zero-order valence-electron chi connectivity index (χ0n) is 22.9. The van der Waals surface area contributed by atoms with Crippen molar-refractivity contribution in [3.05, 3.63) is 89.5 Å². The molecule has 3 aliphatic rings. The second-order valence-electron chi connectivity index (χ2n) is 11.4. The van der Waals surface area contributed by atoms with E-state index in [0.29, 0.717) is 25.8 Å². The van der Waals surface area contributed by atoms with Crippen molar-refractivity contribution in [1.82, 2.24) is 15.6 Å². The van der Waals surface area contributed by atoms with Gasteiger partial charge in [0.15, 0.2) is 0 Å². The number of hydrogen-bond donors (Lipinski definition) is 3. The fraction of sp³-hybridized carbons (Fsp3) is 0.406. The molecule has 0 unspecified atom stereocenters. The van der Waals surface area contributed by atoms with Gasteiger partial charge in [-0.1, -0.05) is 30.3 Å². The third-order valence-corrected chi connectivity index (χ3v) is 8.58. The van der Waals surface area contributed by atoms with E-state index >= 15 is 0 Å². The molecular formula is C32H35FN4O4. The first kappa shape index (κ1) is 27.4. The first-order valence-electron chi connectivity index (χ1n) is 14.4. The number of halogens is 1. The van der Waals surface area contributed by atoms with Crippen LogP contribution in [0.25, 0.3) is 0 Å². The van der Waals surface area contributed by atoms with Gasteiger partial charge >= 0.3 is 0 Å². The molecule has 6 rings (SSSR count). The molecule has 1 aromatic heterocycles. The lowest BCUT2D eigenvalue weighted by molar-refractivity contribution is -0.117. The summed E-state index contributed by atoms with van der Waals surface area (Å²) in [5.74, 6) is -0.353. The van der Waals surface area contributed by atoms with Crippen molar-refractivity contribution in [2.45, 2.75) is 68.7 Å². The molecule has 2 fully saturated rings. The van der Waals surface area contributed by atoms with E-state index in [-0.39, 0.29) is 35.3 Å². The molecule has 3 N–H and O–H groups in total. The average Bonchev–Trinajstić information content (AvgIpc) is 3.40. The van der Waals surface area contributed by atoms with Gasteiger partial charge in [0, 0.05) is 49.3 Å². The van der Waals surface area contributed by atoms with Crippen molar-refractivity contribution in [3.8, 4) is 5.75 Å². The summed E-state index contributed by atoms with van der Waals surface area (Å²) in [5.41, 5.74) is 2.14. The third kappa shape index (κ3) is 5.83. The molecule has 1 saturated heterocycles. The van der Waals surface area contributed by atoms with Crippen LogP contribution in [0.4, 0.5) is 10.1 Å². The predicted molar refractivity (Wildman–Crippen MR) is 152 cm³/mol. The number of rotatable bonds is 9. The van der Waals surface area contributed by atoms with E-state index < -0.39 is 23.9 Å². The lowest BCUT2D eigenvalue weighted by Crippen LogP contribution is -2.52. The summed E-state index contributed by atoms with van der Waals surface area (Å²) in [6, 6.07) is 15.0. The lowest BCUT2D eigenvalue weighted by atomic mass is 9.73. The molecule has 2 amide bonds. The Balaban J connectivity index is 1.19. The number of nitrogens with one attached hydrogen (secondary N) is 2. The van der Waals surface area contributed by atoms with Crippen LogP contribution in [0, 0.1) is 5.82 Å². The molecule has 1 saturated carbocycles. The molecule has 3 aromatic rings. The summed E-state index contributed by atoms with van der Waals surface area (Å²) in [6.07, 6.45) is 7.95. The minimum absolute atomic E-state index is 0.0116. The molecule has 2 aliphatic heterocycles. The number of pyridine rings is 1. The van der Waals surface area contributed by atoms with Crippen LogP contribution in [0.5, 0.6) is 5.75 Å². The van der Waals surface area contributed by atoms with E-state index in [1.54, 1.807) is 12.4 Å². The second-order valence-corrected chi connectivity index (χ2v) is 11.4. The Morgan fingerprint density at radius 1 is 1.17 bits per heavy atom. The van der Waals surface area contributed by atoms with Gasteiger partial charge in [-0.15, -0.1) is 0 Å². The van der Waals surface area contributed by atoms with Crippen molar-refractivity contribution >= 4 is 17.5 Å². The summed E-state index contributed by atoms with van der Waals surface area (Å²) in [7, 11) is 0. The van der Waals surface area contributed by atoms with E-state index in [9.17, 15) is 19.1 Å². The Morgan fingerprint density at radius 2 is 2.00 bits per heavy atom. The van der Waals surface area contributed by atoms with Crippen molar-refractivity contribution in [2.24, 2.45) is 0 Å². The lowest BCUT2D eigenvalue weighted by Gasteiger charge is -2.48. The van der Waals surface area contributed by atoms with Crippen molar-refractivity contribution in [2.75, 3.05) is 18.0 Å². The zero-order chi connectivity index (χ0) is 28.4. The fourth-order valence-electron chi connectivity index (χ4n) is 6.15. The quantitative estimate of drug-likeness (QED) is 0.366. The highest BCUT2D eigenvalue weighted by molar-refractivity contribution is 5.99. The summed E-state index contributed by atoms with van der Waals surface area (Å²) in [5, 5.41) is 17.9.